The fraction of sp³-hybridized carbons (Fsp3) is 0.235. The highest BCUT2D eigenvalue weighted by atomic mass is 16.3. The minimum absolute atomic E-state index is 0.157. The lowest BCUT2D eigenvalue weighted by molar-refractivity contribution is 0.1000. The van der Waals surface area contributed by atoms with Gasteiger partial charge >= 0.3 is 0 Å². The molecule has 21 heavy (non-hydrogen) atoms. The lowest BCUT2D eigenvalue weighted by Crippen LogP contribution is -2.24. The van der Waals surface area contributed by atoms with Gasteiger partial charge in [-0.15, -0.1) is 0 Å². The third-order valence-electron chi connectivity index (χ3n) is 3.29. The third-order valence-corrected chi connectivity index (χ3v) is 3.29. The molecule has 3 N–H and O–H groups in total. The van der Waals surface area contributed by atoms with Gasteiger partial charge in [0.25, 0.3) is 0 Å². The van der Waals surface area contributed by atoms with E-state index in [-0.39, 0.29) is 6.61 Å². The molecule has 2 aromatic carbocycles. The van der Waals surface area contributed by atoms with Gasteiger partial charge in [-0.1, -0.05) is 30.3 Å². The molecule has 0 bridgehead atoms. The summed E-state index contributed by atoms with van der Waals surface area (Å²) in [6.07, 6.45) is 0.699. The van der Waals surface area contributed by atoms with Crippen molar-refractivity contribution in [1.29, 1.82) is 0 Å². The van der Waals surface area contributed by atoms with Gasteiger partial charge in [-0.25, -0.2) is 0 Å². The van der Waals surface area contributed by atoms with E-state index >= 15 is 0 Å². The molecule has 0 aliphatic rings. The number of carbonyl (C=O) groups is 1. The van der Waals surface area contributed by atoms with Crippen molar-refractivity contribution >= 4 is 11.6 Å². The first-order valence-electron chi connectivity index (χ1n) is 7.00. The third kappa shape index (κ3) is 4.33. The second kappa shape index (κ2) is 7.45. The van der Waals surface area contributed by atoms with Gasteiger partial charge in [-0.05, 0) is 36.2 Å². The highest BCUT2D eigenvalue weighted by Crippen LogP contribution is 2.17. The zero-order valence-electron chi connectivity index (χ0n) is 11.9. The summed E-state index contributed by atoms with van der Waals surface area (Å²) in [5.74, 6) is -0.418. The predicted molar refractivity (Wildman–Crippen MR) is 84.2 cm³/mol. The molecule has 110 valence electrons. The molecule has 0 aromatic heterocycles. The zero-order chi connectivity index (χ0) is 15.1. The van der Waals surface area contributed by atoms with Crippen LogP contribution in [0.15, 0.2) is 54.6 Å². The van der Waals surface area contributed by atoms with Gasteiger partial charge in [0, 0.05) is 30.9 Å². The van der Waals surface area contributed by atoms with E-state index in [1.165, 1.54) is 0 Å². The summed E-state index contributed by atoms with van der Waals surface area (Å²) in [6.45, 7) is 1.58. The van der Waals surface area contributed by atoms with Crippen molar-refractivity contribution in [1.82, 2.24) is 0 Å². The van der Waals surface area contributed by atoms with E-state index in [1.807, 2.05) is 48.5 Å². The number of amides is 1. The van der Waals surface area contributed by atoms with Crippen molar-refractivity contribution in [2.24, 2.45) is 5.73 Å². The van der Waals surface area contributed by atoms with E-state index in [1.54, 1.807) is 6.07 Å². The molecule has 0 unspecified atom stereocenters. The summed E-state index contributed by atoms with van der Waals surface area (Å²) in [4.78, 5) is 13.4. The summed E-state index contributed by atoms with van der Waals surface area (Å²) in [7, 11) is 0. The number of nitrogens with zero attached hydrogens (tertiary/aromatic N) is 1. The van der Waals surface area contributed by atoms with Crippen molar-refractivity contribution in [3.8, 4) is 0 Å². The van der Waals surface area contributed by atoms with E-state index in [2.05, 4.69) is 4.90 Å². The van der Waals surface area contributed by atoms with Crippen LogP contribution in [0.1, 0.15) is 22.3 Å². The number of benzene rings is 2. The first kappa shape index (κ1) is 15.1. The standard InChI is InChI=1S/C17H20N2O2/c18-17(21)15-7-4-6-14(12-15)13-19(10-5-11-20)16-8-2-1-3-9-16/h1-4,6-9,12,20H,5,10-11,13H2,(H2,18,21). The number of aliphatic hydroxyl groups excluding tert-OH is 1. The van der Waals surface area contributed by atoms with E-state index in [9.17, 15) is 4.79 Å². The molecule has 0 aliphatic carbocycles. The Hall–Kier alpha value is -2.33. The van der Waals surface area contributed by atoms with Crippen LogP contribution in [0.4, 0.5) is 5.69 Å². The van der Waals surface area contributed by atoms with Gasteiger partial charge in [0.2, 0.25) is 5.91 Å². The molecule has 0 radical (unpaired) electrons. The van der Waals surface area contributed by atoms with Crippen molar-refractivity contribution in [3.05, 3.63) is 65.7 Å². The largest absolute Gasteiger partial charge is 0.396 e. The number of primary amides is 1. The van der Waals surface area contributed by atoms with Crippen molar-refractivity contribution in [3.63, 3.8) is 0 Å². The Labute approximate surface area is 124 Å². The van der Waals surface area contributed by atoms with Gasteiger partial charge in [0.1, 0.15) is 0 Å². The van der Waals surface area contributed by atoms with E-state index < -0.39 is 5.91 Å². The van der Waals surface area contributed by atoms with E-state index in [0.717, 1.165) is 17.8 Å². The molecule has 1 amide bonds. The number of carbonyl (C=O) groups excluding carboxylic acids is 1. The quantitative estimate of drug-likeness (QED) is 0.819. The molecule has 0 saturated carbocycles. The molecule has 0 heterocycles. The Bertz CT molecular complexity index is 584. The van der Waals surface area contributed by atoms with Crippen LogP contribution in [0.3, 0.4) is 0 Å². The molecule has 0 fully saturated rings. The maximum atomic E-state index is 11.3. The number of nitrogens with two attached hydrogens (primary N) is 1. The summed E-state index contributed by atoms with van der Waals surface area (Å²) in [5.41, 5.74) is 7.95. The molecule has 0 saturated heterocycles. The Morgan fingerprint density at radius 2 is 1.86 bits per heavy atom. The maximum Gasteiger partial charge on any atom is 0.248 e. The Kier molecular flexibility index (Phi) is 5.35. The second-order valence-electron chi connectivity index (χ2n) is 4.90. The SMILES string of the molecule is NC(=O)c1cccc(CN(CCCO)c2ccccc2)c1. The van der Waals surface area contributed by atoms with Gasteiger partial charge in [0.05, 0.1) is 0 Å². The first-order valence-corrected chi connectivity index (χ1v) is 7.00. The number of hydrogen-bond donors (Lipinski definition) is 2. The lowest BCUT2D eigenvalue weighted by Gasteiger charge is -2.25. The average molecular weight is 284 g/mol. The second-order valence-corrected chi connectivity index (χ2v) is 4.90. The fourth-order valence-corrected chi connectivity index (χ4v) is 2.24. The smallest absolute Gasteiger partial charge is 0.248 e. The molecule has 2 rings (SSSR count). The lowest BCUT2D eigenvalue weighted by atomic mass is 10.1. The minimum atomic E-state index is -0.418. The Morgan fingerprint density at radius 1 is 1.10 bits per heavy atom. The van der Waals surface area contributed by atoms with Crippen molar-refractivity contribution < 1.29 is 9.90 Å². The van der Waals surface area contributed by atoms with Crippen LogP contribution in [0.2, 0.25) is 0 Å². The maximum absolute atomic E-state index is 11.3. The molecule has 0 spiro atoms. The van der Waals surface area contributed by atoms with Gasteiger partial charge in [-0.3, -0.25) is 4.79 Å². The highest BCUT2D eigenvalue weighted by Gasteiger charge is 2.08. The van der Waals surface area contributed by atoms with Crippen LogP contribution in [0.25, 0.3) is 0 Å². The van der Waals surface area contributed by atoms with Crippen LogP contribution >= 0.6 is 0 Å². The monoisotopic (exact) mass is 284 g/mol. The summed E-state index contributed by atoms with van der Waals surface area (Å²) in [5, 5.41) is 9.06. The number of aliphatic hydroxyl groups is 1. The molecular weight excluding hydrogens is 264 g/mol. The predicted octanol–water partition coefficient (Wildman–Crippen LogP) is 2.17. The topological polar surface area (TPSA) is 66.6 Å². The van der Waals surface area contributed by atoms with Crippen LogP contribution in [-0.4, -0.2) is 24.2 Å². The number of anilines is 1. The zero-order valence-corrected chi connectivity index (χ0v) is 11.9. The van der Waals surface area contributed by atoms with E-state index in [0.29, 0.717) is 18.5 Å². The Balaban J connectivity index is 2.18. The Morgan fingerprint density at radius 3 is 2.52 bits per heavy atom. The molecule has 4 nitrogen and oxygen atoms in total. The highest BCUT2D eigenvalue weighted by molar-refractivity contribution is 5.92. The summed E-state index contributed by atoms with van der Waals surface area (Å²) in [6, 6.07) is 17.4. The van der Waals surface area contributed by atoms with Crippen molar-refractivity contribution in [2.75, 3.05) is 18.1 Å². The molecular formula is C17H20N2O2. The summed E-state index contributed by atoms with van der Waals surface area (Å²) >= 11 is 0. The first-order chi connectivity index (χ1) is 10.2. The van der Waals surface area contributed by atoms with Crippen LogP contribution in [-0.2, 0) is 6.54 Å². The average Bonchev–Trinajstić information content (AvgIpc) is 2.52. The fourth-order valence-electron chi connectivity index (χ4n) is 2.24. The van der Waals surface area contributed by atoms with Gasteiger partial charge in [0.15, 0.2) is 0 Å². The molecule has 4 heteroatoms. The molecule has 0 aliphatic heterocycles. The van der Waals surface area contributed by atoms with Gasteiger partial charge < -0.3 is 15.7 Å². The van der Waals surface area contributed by atoms with Crippen LogP contribution in [0, 0.1) is 0 Å². The number of para-hydroxylation sites is 1. The van der Waals surface area contributed by atoms with Crippen LogP contribution in [0.5, 0.6) is 0 Å². The van der Waals surface area contributed by atoms with Gasteiger partial charge in [-0.2, -0.15) is 0 Å². The molecule has 2 aromatic rings. The summed E-state index contributed by atoms with van der Waals surface area (Å²) < 4.78 is 0. The molecule has 0 atom stereocenters. The van der Waals surface area contributed by atoms with E-state index in [4.69, 9.17) is 10.8 Å². The number of hydrogen-bond acceptors (Lipinski definition) is 3. The minimum Gasteiger partial charge on any atom is -0.396 e. The number of rotatable bonds is 7. The van der Waals surface area contributed by atoms with Crippen molar-refractivity contribution in [2.45, 2.75) is 13.0 Å². The van der Waals surface area contributed by atoms with Crippen LogP contribution < -0.4 is 10.6 Å². The normalized spacial score (nSPS) is 10.3.